The normalized spacial score (nSPS) is 10.1. The van der Waals surface area contributed by atoms with Crippen molar-refractivity contribution in [3.05, 3.63) is 58.7 Å². The number of aryl methyl sites for hydroxylation is 1. The van der Waals surface area contributed by atoms with Crippen LogP contribution in [0.15, 0.2) is 24.3 Å². The second-order valence-corrected chi connectivity index (χ2v) is 5.38. The summed E-state index contributed by atoms with van der Waals surface area (Å²) in [7, 11) is 0. The van der Waals surface area contributed by atoms with Gasteiger partial charge in [0.2, 0.25) is 0 Å². The van der Waals surface area contributed by atoms with Crippen molar-refractivity contribution >= 4 is 23.1 Å². The van der Waals surface area contributed by atoms with Gasteiger partial charge in [-0.25, -0.2) is 17.6 Å². The van der Waals surface area contributed by atoms with Crippen molar-refractivity contribution in [1.82, 2.24) is 0 Å². The molecule has 0 bridgehead atoms. The number of nitrogen functional groups attached to an aromatic ring is 2. The first-order chi connectivity index (χ1) is 10.3. The lowest BCUT2D eigenvalue weighted by Crippen LogP contribution is -1.98. The average molecular weight is 332 g/mol. The first kappa shape index (κ1) is 18.2. The fourth-order valence-corrected chi connectivity index (χ4v) is 2.18. The Bertz CT molecular complexity index is 639. The van der Waals surface area contributed by atoms with E-state index in [1.54, 1.807) is 6.92 Å². The van der Waals surface area contributed by atoms with Crippen molar-refractivity contribution < 1.29 is 17.6 Å². The molecule has 2 nitrogen and oxygen atoms in total. The van der Waals surface area contributed by atoms with Gasteiger partial charge in [0, 0.05) is 17.9 Å². The lowest BCUT2D eigenvalue weighted by molar-refractivity contribution is 0.583. The molecule has 0 unspecified atom stereocenters. The zero-order chi connectivity index (χ0) is 16.9. The Morgan fingerprint density at radius 2 is 1.36 bits per heavy atom. The van der Waals surface area contributed by atoms with Crippen LogP contribution in [-0.4, -0.2) is 6.26 Å². The molecule has 4 N–H and O–H groups in total. The summed E-state index contributed by atoms with van der Waals surface area (Å²) in [6, 6.07) is 4.01. The average Bonchev–Trinajstić information content (AvgIpc) is 2.42. The van der Waals surface area contributed by atoms with Gasteiger partial charge in [-0.05, 0) is 36.4 Å². The van der Waals surface area contributed by atoms with Crippen molar-refractivity contribution in [1.29, 1.82) is 0 Å². The van der Waals surface area contributed by atoms with Gasteiger partial charge in [0.25, 0.3) is 0 Å². The van der Waals surface area contributed by atoms with Crippen molar-refractivity contribution in [2.75, 3.05) is 17.7 Å². The van der Waals surface area contributed by atoms with E-state index in [9.17, 15) is 17.6 Å². The molecule has 0 radical (unpaired) electrons. The van der Waals surface area contributed by atoms with Crippen LogP contribution >= 0.6 is 11.8 Å². The lowest BCUT2D eigenvalue weighted by atomic mass is 10.2. The Kier molecular flexibility index (Phi) is 6.55. The molecule has 0 spiro atoms. The lowest BCUT2D eigenvalue weighted by Gasteiger charge is -2.04. The fourth-order valence-electron chi connectivity index (χ4n) is 1.63. The number of rotatable bonds is 2. The molecule has 0 heterocycles. The van der Waals surface area contributed by atoms with Gasteiger partial charge in [0.1, 0.15) is 23.3 Å². The molecule has 0 aliphatic heterocycles. The molecule has 0 aliphatic carbocycles. The summed E-state index contributed by atoms with van der Waals surface area (Å²) >= 11 is 1.47. The van der Waals surface area contributed by atoms with Gasteiger partial charge >= 0.3 is 0 Å². The van der Waals surface area contributed by atoms with Crippen LogP contribution in [0.25, 0.3) is 0 Å². The Balaban J connectivity index is 0.000000224. The molecule has 0 atom stereocenters. The van der Waals surface area contributed by atoms with Crippen LogP contribution in [0.3, 0.4) is 0 Å². The smallest absolute Gasteiger partial charge is 0.149 e. The number of halogens is 4. The zero-order valence-electron chi connectivity index (χ0n) is 12.1. The molecule has 0 aliphatic rings. The number of benzene rings is 2. The van der Waals surface area contributed by atoms with E-state index < -0.39 is 23.3 Å². The van der Waals surface area contributed by atoms with Gasteiger partial charge in [-0.1, -0.05) is 0 Å². The van der Waals surface area contributed by atoms with Crippen LogP contribution < -0.4 is 11.5 Å². The predicted octanol–water partition coefficient (Wildman–Crippen LogP) is 4.27. The van der Waals surface area contributed by atoms with E-state index in [0.717, 1.165) is 12.1 Å². The third kappa shape index (κ3) is 4.84. The number of hydrogen-bond donors (Lipinski definition) is 2. The summed E-state index contributed by atoms with van der Waals surface area (Å²) in [5.41, 5.74) is 11.6. The minimum atomic E-state index is -0.697. The molecular formula is C15H16F4N2S. The summed E-state index contributed by atoms with van der Waals surface area (Å²) < 4.78 is 50.2. The molecule has 7 heteroatoms. The molecule has 2 rings (SSSR count). The van der Waals surface area contributed by atoms with Crippen molar-refractivity contribution in [3.63, 3.8) is 0 Å². The predicted molar refractivity (Wildman–Crippen MR) is 83.5 cm³/mol. The Morgan fingerprint density at radius 1 is 0.864 bits per heavy atom. The van der Waals surface area contributed by atoms with E-state index in [1.165, 1.54) is 23.9 Å². The molecule has 0 saturated heterocycles. The van der Waals surface area contributed by atoms with Crippen molar-refractivity contribution in [2.45, 2.75) is 12.7 Å². The highest BCUT2D eigenvalue weighted by Crippen LogP contribution is 2.21. The Labute approximate surface area is 130 Å². The van der Waals surface area contributed by atoms with Gasteiger partial charge in [-0.2, -0.15) is 11.8 Å². The van der Waals surface area contributed by atoms with E-state index in [-0.39, 0.29) is 11.4 Å². The highest BCUT2D eigenvalue weighted by Gasteiger charge is 2.06. The van der Waals surface area contributed by atoms with Gasteiger partial charge in [-0.15, -0.1) is 0 Å². The molecular weight excluding hydrogens is 316 g/mol. The van der Waals surface area contributed by atoms with Crippen LogP contribution in [-0.2, 0) is 5.75 Å². The number of nitrogens with two attached hydrogens (primary N) is 2. The van der Waals surface area contributed by atoms with Gasteiger partial charge in [0.15, 0.2) is 0 Å². The second-order valence-electron chi connectivity index (χ2n) is 4.51. The van der Waals surface area contributed by atoms with Gasteiger partial charge in [0.05, 0.1) is 11.4 Å². The molecule has 0 fully saturated rings. The zero-order valence-corrected chi connectivity index (χ0v) is 12.9. The summed E-state index contributed by atoms with van der Waals surface area (Å²) in [6.07, 6.45) is 1.85. The first-order valence-electron chi connectivity index (χ1n) is 6.19. The third-order valence-corrected chi connectivity index (χ3v) is 3.38. The maximum atomic E-state index is 12.8. The second kappa shape index (κ2) is 7.93. The molecule has 0 aromatic heterocycles. The third-order valence-electron chi connectivity index (χ3n) is 2.78. The monoisotopic (exact) mass is 332 g/mol. The van der Waals surface area contributed by atoms with Gasteiger partial charge < -0.3 is 11.5 Å². The highest BCUT2D eigenvalue weighted by molar-refractivity contribution is 7.97. The Morgan fingerprint density at radius 3 is 1.86 bits per heavy atom. The molecule has 0 saturated carbocycles. The van der Waals surface area contributed by atoms with Crippen LogP contribution in [0.4, 0.5) is 28.9 Å². The minimum absolute atomic E-state index is 0.0152. The number of hydrogen-bond acceptors (Lipinski definition) is 3. The molecule has 0 amide bonds. The van der Waals surface area contributed by atoms with Crippen LogP contribution in [0, 0.1) is 30.2 Å². The first-order valence-corrected chi connectivity index (χ1v) is 7.59. The Hall–Kier alpha value is -1.89. The molecule has 2 aromatic rings. The van der Waals surface area contributed by atoms with Crippen molar-refractivity contribution in [2.24, 2.45) is 0 Å². The molecule has 120 valence electrons. The van der Waals surface area contributed by atoms with Crippen molar-refractivity contribution in [3.8, 4) is 0 Å². The van der Waals surface area contributed by atoms with Crippen LogP contribution in [0.5, 0.6) is 0 Å². The van der Waals surface area contributed by atoms with E-state index >= 15 is 0 Å². The van der Waals surface area contributed by atoms with Crippen LogP contribution in [0.1, 0.15) is 11.1 Å². The fraction of sp³-hybridized carbons (Fsp3) is 0.200. The minimum Gasteiger partial charge on any atom is -0.396 e. The maximum Gasteiger partial charge on any atom is 0.149 e. The van der Waals surface area contributed by atoms with Crippen LogP contribution in [0.2, 0.25) is 0 Å². The summed E-state index contributed by atoms with van der Waals surface area (Å²) in [6.45, 7) is 1.56. The van der Waals surface area contributed by atoms with E-state index in [0.29, 0.717) is 16.9 Å². The SMILES string of the molecule is CSCc1cc(F)cc(F)c1N.Cc1cc(F)cc(F)c1N. The topological polar surface area (TPSA) is 52.0 Å². The number of anilines is 2. The standard InChI is InChI=1S/C8H9F2NS.C7H7F2N/c1-12-4-5-2-6(9)3-7(10)8(5)11;1-4-2-5(8)3-6(9)7(4)10/h2-3H,4,11H2,1H3;2-3H,10H2,1H3. The molecule has 22 heavy (non-hydrogen) atoms. The van der Waals surface area contributed by atoms with E-state index in [2.05, 4.69) is 0 Å². The quantitative estimate of drug-likeness (QED) is 0.638. The summed E-state index contributed by atoms with van der Waals surface area (Å²) in [5.74, 6) is -2.02. The highest BCUT2D eigenvalue weighted by atomic mass is 32.2. The van der Waals surface area contributed by atoms with Gasteiger partial charge in [-0.3, -0.25) is 0 Å². The summed E-state index contributed by atoms with van der Waals surface area (Å²) in [5, 5.41) is 0. The summed E-state index contributed by atoms with van der Waals surface area (Å²) in [4.78, 5) is 0. The largest absolute Gasteiger partial charge is 0.396 e. The van der Waals surface area contributed by atoms with E-state index in [4.69, 9.17) is 11.5 Å². The maximum absolute atomic E-state index is 12.8. The number of thioether (sulfide) groups is 1. The van der Waals surface area contributed by atoms with E-state index in [1.807, 2.05) is 6.26 Å². The molecule has 2 aromatic carbocycles.